The first kappa shape index (κ1) is 24.4. The molecule has 7 rings (SSSR count). The Labute approximate surface area is 234 Å². The molecule has 2 aromatic heterocycles. The molecule has 8 heteroatoms. The fraction of sp³-hybridized carbons (Fsp3) is 0.0909. The van der Waals surface area contributed by atoms with Gasteiger partial charge in [0.1, 0.15) is 0 Å². The first-order valence-electron chi connectivity index (χ1n) is 12.8. The summed E-state index contributed by atoms with van der Waals surface area (Å²) in [5.74, 6) is -1.35. The number of nitriles is 2. The summed E-state index contributed by atoms with van der Waals surface area (Å²) < 4.78 is 26.9. The molecule has 3 aliphatic rings. The van der Waals surface area contributed by atoms with Gasteiger partial charge in [-0.1, -0.05) is 37.3 Å². The highest BCUT2D eigenvalue weighted by atomic mass is 19.1. The Hall–Kier alpha value is -5.60. The highest BCUT2D eigenvalue weighted by Gasteiger charge is 2.47. The maximum atomic E-state index is 13.5. The van der Waals surface area contributed by atoms with Crippen molar-refractivity contribution in [2.45, 2.75) is 12.3 Å². The van der Waals surface area contributed by atoms with Gasteiger partial charge in [0, 0.05) is 46.0 Å². The SMILES string of the molecule is CC12C=CC(c3ccc(F)nc3)=CC1/C(=N\C#N)c1cc3c(cc12)/C(=N/C#N)c1cc(-c2ccc(F)nc2)ccc1-3. The van der Waals surface area contributed by atoms with Gasteiger partial charge in [-0.3, -0.25) is 0 Å². The third-order valence-electron chi connectivity index (χ3n) is 8.18. The van der Waals surface area contributed by atoms with Gasteiger partial charge >= 0.3 is 0 Å². The summed E-state index contributed by atoms with van der Waals surface area (Å²) in [5, 5.41) is 19.2. The van der Waals surface area contributed by atoms with E-state index in [4.69, 9.17) is 0 Å². The molecule has 4 aromatic rings. The van der Waals surface area contributed by atoms with Crippen molar-refractivity contribution in [3.63, 3.8) is 0 Å². The second-order valence-electron chi connectivity index (χ2n) is 10.3. The third kappa shape index (κ3) is 3.65. The van der Waals surface area contributed by atoms with E-state index >= 15 is 0 Å². The molecule has 0 spiro atoms. The Morgan fingerprint density at radius 1 is 0.756 bits per heavy atom. The molecule has 6 nitrogen and oxygen atoms in total. The van der Waals surface area contributed by atoms with Crippen LogP contribution >= 0.6 is 0 Å². The zero-order chi connectivity index (χ0) is 28.3. The monoisotopic (exact) mass is 536 g/mol. The summed E-state index contributed by atoms with van der Waals surface area (Å²) in [7, 11) is 0. The van der Waals surface area contributed by atoms with Crippen LogP contribution in [0.3, 0.4) is 0 Å². The van der Waals surface area contributed by atoms with Crippen LogP contribution in [0.2, 0.25) is 0 Å². The summed E-state index contributed by atoms with van der Waals surface area (Å²) >= 11 is 0. The molecule has 3 aliphatic carbocycles. The van der Waals surface area contributed by atoms with Crippen LogP contribution in [0.5, 0.6) is 0 Å². The molecule has 2 atom stereocenters. The number of pyridine rings is 2. The fourth-order valence-electron chi connectivity index (χ4n) is 6.18. The van der Waals surface area contributed by atoms with Crippen molar-refractivity contribution in [3.8, 4) is 34.6 Å². The lowest BCUT2D eigenvalue weighted by atomic mass is 9.71. The maximum absolute atomic E-state index is 13.5. The number of fused-ring (bicyclic) bond motifs is 6. The number of hydrogen-bond acceptors (Lipinski definition) is 6. The average molecular weight is 537 g/mol. The summed E-state index contributed by atoms with van der Waals surface area (Å²) in [6.07, 6.45) is 13.0. The molecule has 2 unspecified atom stereocenters. The number of rotatable bonds is 2. The number of allylic oxidation sites excluding steroid dienone is 4. The largest absolute Gasteiger partial charge is 0.228 e. The number of benzene rings is 2. The maximum Gasteiger partial charge on any atom is 0.212 e. The molecular weight excluding hydrogens is 518 g/mol. The van der Waals surface area contributed by atoms with Gasteiger partial charge in [0.05, 0.1) is 11.4 Å². The number of hydrogen-bond donors (Lipinski definition) is 0. The van der Waals surface area contributed by atoms with Crippen LogP contribution in [0.4, 0.5) is 8.78 Å². The second kappa shape index (κ2) is 8.97. The molecule has 194 valence electrons. The zero-order valence-electron chi connectivity index (χ0n) is 21.6. The Morgan fingerprint density at radius 3 is 2.12 bits per heavy atom. The Bertz CT molecular complexity index is 1990. The Kier molecular flexibility index (Phi) is 5.35. The predicted octanol–water partition coefficient (Wildman–Crippen LogP) is 6.53. The van der Waals surface area contributed by atoms with E-state index in [1.165, 1.54) is 24.5 Å². The van der Waals surface area contributed by atoms with Crippen molar-refractivity contribution in [1.82, 2.24) is 9.97 Å². The van der Waals surface area contributed by atoms with Gasteiger partial charge in [-0.15, -0.1) is 0 Å². The fourth-order valence-corrected chi connectivity index (χ4v) is 6.18. The van der Waals surface area contributed by atoms with Crippen LogP contribution < -0.4 is 0 Å². The van der Waals surface area contributed by atoms with Crippen LogP contribution in [-0.2, 0) is 5.41 Å². The van der Waals surface area contributed by atoms with E-state index in [0.717, 1.165) is 55.6 Å². The van der Waals surface area contributed by atoms with Crippen LogP contribution in [0.25, 0.3) is 27.8 Å². The molecule has 0 N–H and O–H groups in total. The van der Waals surface area contributed by atoms with Gasteiger partial charge < -0.3 is 0 Å². The molecule has 0 radical (unpaired) electrons. The first-order chi connectivity index (χ1) is 19.9. The molecule has 0 amide bonds. The van der Waals surface area contributed by atoms with Crippen molar-refractivity contribution in [1.29, 1.82) is 10.5 Å². The molecule has 0 fully saturated rings. The molecule has 2 aromatic carbocycles. The van der Waals surface area contributed by atoms with Crippen molar-refractivity contribution < 1.29 is 8.78 Å². The highest BCUT2D eigenvalue weighted by molar-refractivity contribution is 6.26. The van der Waals surface area contributed by atoms with Gasteiger partial charge in [0.2, 0.25) is 24.3 Å². The number of aromatic nitrogens is 2. The number of nitrogens with zero attached hydrogens (tertiary/aromatic N) is 6. The van der Waals surface area contributed by atoms with Gasteiger partial charge in [-0.2, -0.15) is 29.3 Å². The Balaban J connectivity index is 1.39. The van der Waals surface area contributed by atoms with E-state index in [2.05, 4.69) is 45.1 Å². The molecule has 0 aliphatic heterocycles. The van der Waals surface area contributed by atoms with Crippen molar-refractivity contribution in [3.05, 3.63) is 125 Å². The topological polar surface area (TPSA) is 98.1 Å². The lowest BCUT2D eigenvalue weighted by molar-refractivity contribution is 0.545. The van der Waals surface area contributed by atoms with E-state index in [9.17, 15) is 19.3 Å². The van der Waals surface area contributed by atoms with Crippen LogP contribution in [0.15, 0.2) is 95.2 Å². The van der Waals surface area contributed by atoms with Crippen LogP contribution in [-0.4, -0.2) is 21.4 Å². The van der Waals surface area contributed by atoms with Gasteiger partial charge in [0.25, 0.3) is 0 Å². The summed E-state index contributed by atoms with van der Waals surface area (Å²) in [5.41, 5.74) is 9.10. The third-order valence-corrected chi connectivity index (χ3v) is 8.18. The highest BCUT2D eigenvalue weighted by Crippen LogP contribution is 2.52. The van der Waals surface area contributed by atoms with Gasteiger partial charge in [-0.05, 0) is 75.9 Å². The lowest BCUT2D eigenvalue weighted by Gasteiger charge is -2.31. The lowest BCUT2D eigenvalue weighted by Crippen LogP contribution is -2.29. The van der Waals surface area contributed by atoms with E-state index in [1.54, 1.807) is 12.1 Å². The molecule has 41 heavy (non-hydrogen) atoms. The van der Waals surface area contributed by atoms with E-state index in [1.807, 2.05) is 42.7 Å². The average Bonchev–Trinajstić information content (AvgIpc) is 3.41. The Morgan fingerprint density at radius 2 is 1.44 bits per heavy atom. The molecular formula is C33H18F2N6. The number of halogens is 2. The first-order valence-corrected chi connectivity index (χ1v) is 12.8. The standard InChI is InChI=1S/C33H18F2N6/c1-33-9-8-19(21-4-7-30(35)39-15-21)11-28(33)32(41-17-37)26-12-23-22-5-2-18(20-3-6-29(34)38-14-20)10-24(22)31(40-16-36)25(23)13-27(26)33/h2-15,28H,1H3/b40-31+,41-32-. The minimum absolute atomic E-state index is 0.242. The van der Waals surface area contributed by atoms with Crippen LogP contribution in [0.1, 0.15) is 34.7 Å². The molecule has 0 saturated carbocycles. The molecule has 0 bridgehead atoms. The smallest absolute Gasteiger partial charge is 0.212 e. The van der Waals surface area contributed by atoms with Crippen molar-refractivity contribution >= 4 is 17.0 Å². The normalized spacial score (nSPS) is 21.5. The summed E-state index contributed by atoms with van der Waals surface area (Å²) in [6.45, 7) is 2.10. The number of aliphatic imine (C=N–C) groups is 2. The van der Waals surface area contributed by atoms with Crippen molar-refractivity contribution in [2.24, 2.45) is 15.9 Å². The quantitative estimate of drug-likeness (QED) is 0.189. The van der Waals surface area contributed by atoms with Gasteiger partial charge in [0.15, 0.2) is 0 Å². The van der Waals surface area contributed by atoms with E-state index in [-0.39, 0.29) is 5.92 Å². The summed E-state index contributed by atoms with van der Waals surface area (Å²) in [6, 6.07) is 15.9. The van der Waals surface area contributed by atoms with E-state index < -0.39 is 17.3 Å². The second-order valence-corrected chi connectivity index (χ2v) is 10.3. The molecule has 2 heterocycles. The van der Waals surface area contributed by atoms with E-state index in [0.29, 0.717) is 11.4 Å². The minimum atomic E-state index is -0.557. The van der Waals surface area contributed by atoms with Gasteiger partial charge in [-0.25, -0.2) is 9.97 Å². The summed E-state index contributed by atoms with van der Waals surface area (Å²) in [4.78, 5) is 16.1. The zero-order valence-corrected chi connectivity index (χ0v) is 21.6. The minimum Gasteiger partial charge on any atom is -0.228 e. The van der Waals surface area contributed by atoms with Crippen LogP contribution in [0, 0.1) is 40.7 Å². The molecule has 0 saturated heterocycles. The van der Waals surface area contributed by atoms with Crippen molar-refractivity contribution in [2.75, 3.05) is 0 Å². The predicted molar refractivity (Wildman–Crippen MR) is 151 cm³/mol.